The number of carbonyl (C=O) groups excluding carboxylic acids is 1. The van der Waals surface area contributed by atoms with Crippen molar-refractivity contribution < 1.29 is 19.0 Å². The Hall–Kier alpha value is -3.69. The molecular formula is C29H30ClN3O5S. The van der Waals surface area contributed by atoms with Gasteiger partial charge in [-0.2, -0.15) is 0 Å². The van der Waals surface area contributed by atoms with Crippen LogP contribution in [0, 0.1) is 0 Å². The molecule has 0 aliphatic rings. The third kappa shape index (κ3) is 6.66. The molecule has 10 heteroatoms. The molecule has 8 nitrogen and oxygen atoms in total. The normalized spacial score (nSPS) is 11.7. The van der Waals surface area contributed by atoms with E-state index in [0.29, 0.717) is 63.4 Å². The van der Waals surface area contributed by atoms with E-state index in [0.717, 1.165) is 5.56 Å². The van der Waals surface area contributed by atoms with E-state index >= 15 is 0 Å². The molecule has 0 unspecified atom stereocenters. The largest absolute Gasteiger partial charge is 0.497 e. The van der Waals surface area contributed by atoms with E-state index in [1.54, 1.807) is 35.9 Å². The Kier molecular flexibility index (Phi) is 9.37. The second kappa shape index (κ2) is 12.9. The predicted molar refractivity (Wildman–Crippen MR) is 156 cm³/mol. The number of ether oxygens (including phenoxy) is 3. The van der Waals surface area contributed by atoms with Gasteiger partial charge in [-0.05, 0) is 48.7 Å². The third-order valence-corrected chi connectivity index (χ3v) is 7.82. The summed E-state index contributed by atoms with van der Waals surface area (Å²) in [6, 6.07) is 18.0. The molecule has 0 radical (unpaired) electrons. The van der Waals surface area contributed by atoms with Crippen molar-refractivity contribution in [3.05, 3.63) is 81.6 Å². The SMILES string of the molecule is CC[C@@H](Sc1nc2cc(OC)c(OC)cc2c(=O)n1CCc1ccc(Cl)cc1)C(=O)Nc1cccc(OC)c1. The Morgan fingerprint density at radius 1 is 1.03 bits per heavy atom. The van der Waals surface area contributed by atoms with Gasteiger partial charge >= 0.3 is 0 Å². The quantitative estimate of drug-likeness (QED) is 0.180. The number of thioether (sulfide) groups is 1. The zero-order valence-corrected chi connectivity index (χ0v) is 23.8. The summed E-state index contributed by atoms with van der Waals surface area (Å²) in [5.41, 5.74) is 1.89. The molecule has 0 bridgehead atoms. The van der Waals surface area contributed by atoms with Crippen molar-refractivity contribution in [2.45, 2.75) is 36.7 Å². The average Bonchev–Trinajstić information content (AvgIpc) is 2.95. The van der Waals surface area contributed by atoms with E-state index in [1.807, 2.05) is 43.3 Å². The maximum absolute atomic E-state index is 13.8. The second-order valence-electron chi connectivity index (χ2n) is 8.69. The summed E-state index contributed by atoms with van der Waals surface area (Å²) < 4.78 is 17.7. The highest BCUT2D eigenvalue weighted by Crippen LogP contribution is 2.32. The number of aryl methyl sites for hydroxylation is 1. The number of rotatable bonds is 11. The first-order chi connectivity index (χ1) is 18.9. The van der Waals surface area contributed by atoms with E-state index < -0.39 is 5.25 Å². The number of hydrogen-bond donors (Lipinski definition) is 1. The van der Waals surface area contributed by atoms with Gasteiger partial charge in [-0.1, -0.05) is 48.5 Å². The molecule has 3 aromatic carbocycles. The molecule has 0 aliphatic carbocycles. The summed E-state index contributed by atoms with van der Waals surface area (Å²) in [5.74, 6) is 1.36. The molecule has 39 heavy (non-hydrogen) atoms. The van der Waals surface area contributed by atoms with E-state index in [1.165, 1.54) is 26.0 Å². The van der Waals surface area contributed by atoms with Gasteiger partial charge in [0.15, 0.2) is 16.7 Å². The molecule has 0 saturated heterocycles. The molecule has 0 saturated carbocycles. The summed E-state index contributed by atoms with van der Waals surface area (Å²) >= 11 is 7.30. The van der Waals surface area contributed by atoms with Gasteiger partial charge in [-0.15, -0.1) is 0 Å². The maximum atomic E-state index is 13.8. The van der Waals surface area contributed by atoms with E-state index in [-0.39, 0.29) is 11.5 Å². The van der Waals surface area contributed by atoms with Crippen LogP contribution in [0.1, 0.15) is 18.9 Å². The standard InChI is InChI=1S/C29H30ClN3O5S/c1-5-26(27(34)31-20-7-6-8-21(15-20)36-2)39-29-32-23-17-25(38-4)24(37-3)16-22(23)28(35)33(29)14-13-18-9-11-19(30)12-10-18/h6-12,15-17,26H,5,13-14H2,1-4H3,(H,31,34)/t26-/m1/s1. The Morgan fingerprint density at radius 3 is 2.41 bits per heavy atom. The van der Waals surface area contributed by atoms with Crippen molar-refractivity contribution in [1.29, 1.82) is 0 Å². The molecular weight excluding hydrogens is 538 g/mol. The topological polar surface area (TPSA) is 91.7 Å². The number of amides is 1. The number of carbonyl (C=O) groups is 1. The van der Waals surface area contributed by atoms with Crippen LogP contribution in [-0.2, 0) is 17.8 Å². The molecule has 1 N–H and O–H groups in total. The molecule has 1 heterocycles. The third-order valence-electron chi connectivity index (χ3n) is 6.21. The average molecular weight is 568 g/mol. The first-order valence-electron chi connectivity index (χ1n) is 12.4. The summed E-state index contributed by atoms with van der Waals surface area (Å²) in [6.07, 6.45) is 1.11. The lowest BCUT2D eigenvalue weighted by molar-refractivity contribution is -0.115. The van der Waals surface area contributed by atoms with Crippen molar-refractivity contribution in [3.63, 3.8) is 0 Å². The predicted octanol–water partition coefficient (Wildman–Crippen LogP) is 5.83. The van der Waals surface area contributed by atoms with Crippen LogP contribution in [0.4, 0.5) is 5.69 Å². The number of fused-ring (bicyclic) bond motifs is 1. The van der Waals surface area contributed by atoms with Crippen molar-refractivity contribution >= 4 is 45.9 Å². The Morgan fingerprint density at radius 2 is 1.74 bits per heavy atom. The summed E-state index contributed by atoms with van der Waals surface area (Å²) in [6.45, 7) is 2.29. The zero-order chi connectivity index (χ0) is 27.9. The first-order valence-corrected chi connectivity index (χ1v) is 13.6. The molecule has 1 atom stereocenters. The fourth-order valence-corrected chi connectivity index (χ4v) is 5.25. The number of benzene rings is 3. The van der Waals surface area contributed by atoms with Crippen molar-refractivity contribution in [3.8, 4) is 17.2 Å². The first kappa shape index (κ1) is 28.3. The van der Waals surface area contributed by atoms with E-state index in [9.17, 15) is 9.59 Å². The molecule has 4 aromatic rings. The summed E-state index contributed by atoms with van der Waals surface area (Å²) in [5, 5.41) is 3.95. The number of nitrogens with zero attached hydrogens (tertiary/aromatic N) is 2. The smallest absolute Gasteiger partial charge is 0.262 e. The van der Waals surface area contributed by atoms with Gasteiger partial charge in [0, 0.05) is 29.4 Å². The van der Waals surface area contributed by atoms with Gasteiger partial charge in [0.2, 0.25) is 5.91 Å². The molecule has 0 aliphatic heterocycles. The zero-order valence-electron chi connectivity index (χ0n) is 22.2. The van der Waals surface area contributed by atoms with Crippen LogP contribution in [0.3, 0.4) is 0 Å². The molecule has 0 fully saturated rings. The van der Waals surface area contributed by atoms with E-state index in [4.69, 9.17) is 30.8 Å². The van der Waals surface area contributed by atoms with Crippen molar-refractivity contribution in [2.75, 3.05) is 26.6 Å². The summed E-state index contributed by atoms with van der Waals surface area (Å²) in [4.78, 5) is 31.9. The van der Waals surface area contributed by atoms with Crippen molar-refractivity contribution in [2.24, 2.45) is 0 Å². The number of halogens is 1. The van der Waals surface area contributed by atoms with E-state index in [2.05, 4.69) is 5.32 Å². The fraction of sp³-hybridized carbons (Fsp3) is 0.276. The van der Waals surface area contributed by atoms with Gasteiger partial charge < -0.3 is 19.5 Å². The minimum atomic E-state index is -0.498. The highest BCUT2D eigenvalue weighted by Gasteiger charge is 2.23. The van der Waals surface area contributed by atoms with Gasteiger partial charge in [0.1, 0.15) is 5.75 Å². The summed E-state index contributed by atoms with van der Waals surface area (Å²) in [7, 11) is 4.63. The molecule has 1 aromatic heterocycles. The minimum Gasteiger partial charge on any atom is -0.497 e. The van der Waals surface area contributed by atoms with Crippen molar-refractivity contribution in [1.82, 2.24) is 9.55 Å². The van der Waals surface area contributed by atoms with Crippen LogP contribution in [0.2, 0.25) is 5.02 Å². The van der Waals surface area contributed by atoms with Gasteiger partial charge in [-0.3, -0.25) is 14.2 Å². The van der Waals surface area contributed by atoms with Crippen LogP contribution in [-0.4, -0.2) is 42.0 Å². The minimum absolute atomic E-state index is 0.193. The number of methoxy groups -OCH3 is 3. The Labute approximate surface area is 236 Å². The lowest BCUT2D eigenvalue weighted by Crippen LogP contribution is -2.28. The number of nitrogens with one attached hydrogen (secondary N) is 1. The fourth-order valence-electron chi connectivity index (χ4n) is 4.08. The number of anilines is 1. The number of hydrogen-bond acceptors (Lipinski definition) is 7. The van der Waals surface area contributed by atoms with Crippen LogP contribution in [0.15, 0.2) is 70.6 Å². The van der Waals surface area contributed by atoms with Crippen LogP contribution in [0.5, 0.6) is 17.2 Å². The molecule has 0 spiro atoms. The lowest BCUT2D eigenvalue weighted by atomic mass is 10.1. The number of aromatic nitrogens is 2. The van der Waals surface area contributed by atoms with Crippen LogP contribution < -0.4 is 25.1 Å². The van der Waals surface area contributed by atoms with Gasteiger partial charge in [-0.25, -0.2) is 4.98 Å². The molecule has 4 rings (SSSR count). The lowest BCUT2D eigenvalue weighted by Gasteiger charge is -2.19. The highest BCUT2D eigenvalue weighted by atomic mass is 35.5. The van der Waals surface area contributed by atoms with Crippen LogP contribution >= 0.6 is 23.4 Å². The van der Waals surface area contributed by atoms with Gasteiger partial charge in [0.25, 0.3) is 5.56 Å². The van der Waals surface area contributed by atoms with Gasteiger partial charge in [0.05, 0.1) is 37.5 Å². The Balaban J connectivity index is 1.71. The second-order valence-corrected chi connectivity index (χ2v) is 10.3. The highest BCUT2D eigenvalue weighted by molar-refractivity contribution is 8.00. The van der Waals surface area contributed by atoms with Crippen LogP contribution in [0.25, 0.3) is 10.9 Å². The molecule has 1 amide bonds. The Bertz CT molecular complexity index is 1520. The molecule has 204 valence electrons. The maximum Gasteiger partial charge on any atom is 0.262 e. The monoisotopic (exact) mass is 567 g/mol.